The van der Waals surface area contributed by atoms with Crippen LogP contribution < -0.4 is 20.3 Å². The monoisotopic (exact) mass is 410 g/mol. The number of carbonyl (C=O) groups excluding carboxylic acids is 2. The van der Waals surface area contributed by atoms with Gasteiger partial charge in [-0.25, -0.2) is 4.98 Å². The van der Waals surface area contributed by atoms with Crippen LogP contribution in [0.2, 0.25) is 0 Å². The number of fused-ring (bicyclic) bond motifs is 1. The summed E-state index contributed by atoms with van der Waals surface area (Å²) in [6.07, 6.45) is 3.10. The minimum absolute atomic E-state index is 0.0211. The Bertz CT molecular complexity index is 921. The second-order valence-corrected chi connectivity index (χ2v) is 7.77. The predicted octanol–water partition coefficient (Wildman–Crippen LogP) is 2.60. The number of aryl methyl sites for hydroxylation is 1. The van der Waals surface area contributed by atoms with E-state index in [1.54, 1.807) is 18.3 Å². The van der Waals surface area contributed by atoms with E-state index in [-0.39, 0.29) is 30.6 Å². The summed E-state index contributed by atoms with van der Waals surface area (Å²) in [6, 6.07) is 9.16. The van der Waals surface area contributed by atoms with Crippen molar-refractivity contribution in [1.29, 1.82) is 0 Å². The van der Waals surface area contributed by atoms with E-state index in [4.69, 9.17) is 9.47 Å². The zero-order valence-electron chi connectivity index (χ0n) is 17.2. The Hall–Kier alpha value is -3.13. The van der Waals surface area contributed by atoms with E-state index in [9.17, 15) is 9.59 Å². The van der Waals surface area contributed by atoms with Gasteiger partial charge in [0.25, 0.3) is 5.91 Å². The highest BCUT2D eigenvalue weighted by atomic mass is 16.5. The van der Waals surface area contributed by atoms with Gasteiger partial charge in [0.1, 0.15) is 11.6 Å². The number of amides is 2. The third kappa shape index (κ3) is 4.88. The maximum atomic E-state index is 12.2. The van der Waals surface area contributed by atoms with Crippen molar-refractivity contribution in [2.45, 2.75) is 38.9 Å². The molecule has 2 N–H and O–H groups in total. The molecule has 4 rings (SSSR count). The van der Waals surface area contributed by atoms with Gasteiger partial charge >= 0.3 is 0 Å². The molecular weight excluding hydrogens is 384 g/mol. The fraction of sp³-hybridized carbons (Fsp3) is 0.409. The van der Waals surface area contributed by atoms with Gasteiger partial charge in [0.15, 0.2) is 6.61 Å². The van der Waals surface area contributed by atoms with Gasteiger partial charge in [-0.05, 0) is 56.2 Å². The lowest BCUT2D eigenvalue weighted by atomic mass is 10.0. The molecule has 1 aromatic carbocycles. The summed E-state index contributed by atoms with van der Waals surface area (Å²) in [7, 11) is 0. The molecular formula is C22H26N4O4. The largest absolute Gasteiger partial charge is 0.484 e. The fourth-order valence-electron chi connectivity index (χ4n) is 3.81. The lowest BCUT2D eigenvalue weighted by Crippen LogP contribution is -2.45. The normalized spacial score (nSPS) is 20.9. The number of pyridine rings is 1. The van der Waals surface area contributed by atoms with Gasteiger partial charge in [-0.2, -0.15) is 0 Å². The number of benzene rings is 1. The average molecular weight is 410 g/mol. The van der Waals surface area contributed by atoms with E-state index in [0.717, 1.165) is 30.2 Å². The average Bonchev–Trinajstić information content (AvgIpc) is 2.72. The Balaban J connectivity index is 1.29. The second-order valence-electron chi connectivity index (χ2n) is 7.77. The van der Waals surface area contributed by atoms with Gasteiger partial charge in [0, 0.05) is 25.2 Å². The van der Waals surface area contributed by atoms with Crippen LogP contribution in [0.5, 0.6) is 5.75 Å². The summed E-state index contributed by atoms with van der Waals surface area (Å²) in [6.45, 7) is 5.58. The molecule has 1 fully saturated rings. The molecule has 2 atom stereocenters. The molecule has 0 spiro atoms. The first kappa shape index (κ1) is 20.2. The molecule has 0 saturated carbocycles. The number of nitrogens with one attached hydrogen (secondary N) is 2. The molecule has 0 radical (unpaired) electrons. The van der Waals surface area contributed by atoms with E-state index in [2.05, 4.69) is 34.4 Å². The fourth-order valence-corrected chi connectivity index (χ4v) is 3.81. The Kier molecular flexibility index (Phi) is 5.85. The minimum atomic E-state index is -0.260. The number of aromatic nitrogens is 1. The van der Waals surface area contributed by atoms with Gasteiger partial charge in [-0.1, -0.05) is 0 Å². The quantitative estimate of drug-likeness (QED) is 0.787. The maximum absolute atomic E-state index is 12.2. The van der Waals surface area contributed by atoms with Crippen LogP contribution >= 0.6 is 0 Å². The summed E-state index contributed by atoms with van der Waals surface area (Å²) >= 11 is 0. The first-order valence-electron chi connectivity index (χ1n) is 10.2. The van der Waals surface area contributed by atoms with Gasteiger partial charge in [0.2, 0.25) is 5.91 Å². The molecule has 2 aliphatic rings. The number of hydrogen-bond donors (Lipinski definition) is 2. The van der Waals surface area contributed by atoms with Crippen molar-refractivity contribution in [3.8, 4) is 5.75 Å². The number of morpholine rings is 1. The van der Waals surface area contributed by atoms with Crippen molar-refractivity contribution in [2.24, 2.45) is 0 Å². The van der Waals surface area contributed by atoms with E-state index in [1.165, 1.54) is 0 Å². The molecule has 0 bridgehead atoms. The molecule has 1 aromatic heterocycles. The SMILES string of the molecule is CC1CN(c2ccc(NC(=O)COc3ccc4c(c3)CCC(=O)N4)cn2)CC(C)O1. The van der Waals surface area contributed by atoms with Gasteiger partial charge < -0.3 is 25.0 Å². The van der Waals surface area contributed by atoms with Crippen LogP contribution in [0.4, 0.5) is 17.2 Å². The lowest BCUT2D eigenvalue weighted by molar-refractivity contribution is -0.118. The Morgan fingerprint density at radius 2 is 2.03 bits per heavy atom. The molecule has 0 aliphatic carbocycles. The van der Waals surface area contributed by atoms with Crippen LogP contribution in [0.1, 0.15) is 25.8 Å². The molecule has 2 aliphatic heterocycles. The number of hydrogen-bond acceptors (Lipinski definition) is 6. The van der Waals surface area contributed by atoms with E-state index in [0.29, 0.717) is 24.3 Å². The molecule has 8 heteroatoms. The third-order valence-electron chi connectivity index (χ3n) is 5.12. The molecule has 158 valence electrons. The van der Waals surface area contributed by atoms with E-state index < -0.39 is 0 Å². The van der Waals surface area contributed by atoms with Crippen molar-refractivity contribution >= 4 is 29.0 Å². The molecule has 2 aromatic rings. The molecule has 2 amide bonds. The van der Waals surface area contributed by atoms with Crippen molar-refractivity contribution in [2.75, 3.05) is 35.2 Å². The van der Waals surface area contributed by atoms with Crippen LogP contribution in [0, 0.1) is 0 Å². The smallest absolute Gasteiger partial charge is 0.262 e. The van der Waals surface area contributed by atoms with Crippen LogP contribution in [0.3, 0.4) is 0 Å². The summed E-state index contributed by atoms with van der Waals surface area (Å²) in [4.78, 5) is 30.3. The molecule has 3 heterocycles. The number of anilines is 3. The number of rotatable bonds is 5. The Morgan fingerprint density at radius 1 is 1.23 bits per heavy atom. The van der Waals surface area contributed by atoms with Crippen LogP contribution in [-0.4, -0.2) is 48.7 Å². The van der Waals surface area contributed by atoms with Crippen molar-refractivity contribution in [3.05, 3.63) is 42.1 Å². The zero-order valence-corrected chi connectivity index (χ0v) is 17.2. The maximum Gasteiger partial charge on any atom is 0.262 e. The number of ether oxygens (including phenoxy) is 2. The van der Waals surface area contributed by atoms with Gasteiger partial charge in [-0.15, -0.1) is 0 Å². The van der Waals surface area contributed by atoms with Crippen molar-refractivity contribution < 1.29 is 19.1 Å². The van der Waals surface area contributed by atoms with Gasteiger partial charge in [-0.3, -0.25) is 9.59 Å². The molecule has 30 heavy (non-hydrogen) atoms. The van der Waals surface area contributed by atoms with Crippen molar-refractivity contribution in [3.63, 3.8) is 0 Å². The summed E-state index contributed by atoms with van der Waals surface area (Å²) in [5.41, 5.74) is 2.44. The first-order chi connectivity index (χ1) is 14.5. The summed E-state index contributed by atoms with van der Waals surface area (Å²) in [5, 5.41) is 5.63. The first-order valence-corrected chi connectivity index (χ1v) is 10.2. The van der Waals surface area contributed by atoms with Crippen LogP contribution in [0.15, 0.2) is 36.5 Å². The third-order valence-corrected chi connectivity index (χ3v) is 5.12. The summed E-state index contributed by atoms with van der Waals surface area (Å²) in [5.74, 6) is 1.23. The van der Waals surface area contributed by atoms with E-state index in [1.807, 2.05) is 18.2 Å². The minimum Gasteiger partial charge on any atom is -0.484 e. The topological polar surface area (TPSA) is 92.8 Å². The number of carbonyl (C=O) groups is 2. The van der Waals surface area contributed by atoms with Gasteiger partial charge in [0.05, 0.1) is 24.1 Å². The number of nitrogens with zero attached hydrogens (tertiary/aromatic N) is 2. The predicted molar refractivity (Wildman–Crippen MR) is 114 cm³/mol. The second kappa shape index (κ2) is 8.71. The highest BCUT2D eigenvalue weighted by Crippen LogP contribution is 2.27. The standard InChI is InChI=1S/C22H26N4O4/c1-14-11-26(12-15(2)30-14)20-7-4-17(10-23-20)24-22(28)13-29-18-5-6-19-16(9-18)3-8-21(27)25-19/h4-7,9-10,14-15H,3,8,11-13H2,1-2H3,(H,24,28)(H,25,27). The lowest BCUT2D eigenvalue weighted by Gasteiger charge is -2.36. The zero-order chi connectivity index (χ0) is 21.1. The molecule has 2 unspecified atom stereocenters. The molecule has 8 nitrogen and oxygen atoms in total. The van der Waals surface area contributed by atoms with E-state index >= 15 is 0 Å². The summed E-state index contributed by atoms with van der Waals surface area (Å²) < 4.78 is 11.4. The molecule has 1 saturated heterocycles. The Labute approximate surface area is 175 Å². The van der Waals surface area contributed by atoms with Crippen LogP contribution in [-0.2, 0) is 20.7 Å². The highest BCUT2D eigenvalue weighted by Gasteiger charge is 2.23. The Morgan fingerprint density at radius 3 is 2.77 bits per heavy atom. The van der Waals surface area contributed by atoms with Crippen LogP contribution in [0.25, 0.3) is 0 Å². The van der Waals surface area contributed by atoms with Crippen molar-refractivity contribution in [1.82, 2.24) is 4.98 Å². The highest BCUT2D eigenvalue weighted by molar-refractivity contribution is 5.94.